The molecule has 174 valence electrons. The number of nitrogens with zero attached hydrogens (tertiary/aromatic N) is 4. The highest BCUT2D eigenvalue weighted by Crippen LogP contribution is 2.35. The van der Waals surface area contributed by atoms with E-state index in [1.165, 1.54) is 16.7 Å². The van der Waals surface area contributed by atoms with Crippen LogP contribution in [-0.2, 0) is 11.3 Å². The van der Waals surface area contributed by atoms with Crippen molar-refractivity contribution in [2.24, 2.45) is 0 Å². The first kappa shape index (κ1) is 23.1. The quantitative estimate of drug-likeness (QED) is 0.361. The first-order chi connectivity index (χ1) is 16.4. The Bertz CT molecular complexity index is 1400. The van der Waals surface area contributed by atoms with E-state index in [0.717, 1.165) is 43.5 Å². The number of fused-ring (bicyclic) bond motifs is 1. The number of thioether (sulfide) groups is 1. The molecule has 2 aromatic heterocycles. The van der Waals surface area contributed by atoms with E-state index in [2.05, 4.69) is 4.90 Å². The zero-order valence-corrected chi connectivity index (χ0v) is 21.1. The number of benzene rings is 1. The van der Waals surface area contributed by atoms with Gasteiger partial charge in [0, 0.05) is 24.3 Å². The summed E-state index contributed by atoms with van der Waals surface area (Å²) in [5, 5.41) is 0.584. The molecule has 0 radical (unpaired) electrons. The molecule has 34 heavy (non-hydrogen) atoms. The first-order valence-corrected chi connectivity index (χ1v) is 12.8. The molecule has 5 rings (SSSR count). The van der Waals surface area contributed by atoms with Crippen molar-refractivity contribution in [3.05, 3.63) is 79.6 Å². The molecule has 0 bridgehead atoms. The second-order valence-electron chi connectivity index (χ2n) is 8.50. The molecule has 2 saturated heterocycles. The normalized spacial score (nSPS) is 17.9. The Kier molecular flexibility index (Phi) is 6.46. The number of hydrogen-bond acceptors (Lipinski definition) is 6. The fourth-order valence-corrected chi connectivity index (χ4v) is 5.72. The van der Waals surface area contributed by atoms with E-state index in [1.807, 2.05) is 37.3 Å². The highest BCUT2D eigenvalue weighted by atomic mass is 35.5. The van der Waals surface area contributed by atoms with Crippen LogP contribution >= 0.6 is 35.6 Å². The number of amides is 1. The summed E-state index contributed by atoms with van der Waals surface area (Å²) in [6.07, 6.45) is 6.71. The molecule has 0 atom stereocenters. The summed E-state index contributed by atoms with van der Waals surface area (Å²) in [4.78, 5) is 35.9. The molecule has 1 aromatic carbocycles. The summed E-state index contributed by atoms with van der Waals surface area (Å²) in [6, 6.07) is 11.2. The smallest absolute Gasteiger partial charge is 0.267 e. The molecule has 0 saturated carbocycles. The molecule has 6 nitrogen and oxygen atoms in total. The van der Waals surface area contributed by atoms with Gasteiger partial charge in [-0.1, -0.05) is 59.8 Å². The van der Waals surface area contributed by atoms with E-state index in [0.29, 0.717) is 31.3 Å². The van der Waals surface area contributed by atoms with E-state index < -0.39 is 0 Å². The van der Waals surface area contributed by atoms with E-state index in [-0.39, 0.29) is 18.0 Å². The van der Waals surface area contributed by atoms with Gasteiger partial charge in [0.15, 0.2) is 0 Å². The van der Waals surface area contributed by atoms with Crippen molar-refractivity contribution in [1.82, 2.24) is 14.3 Å². The third-order valence-corrected chi connectivity index (χ3v) is 7.82. The number of hydrogen-bond donors (Lipinski definition) is 0. The van der Waals surface area contributed by atoms with Crippen molar-refractivity contribution in [2.45, 2.75) is 32.7 Å². The lowest BCUT2D eigenvalue weighted by Gasteiger charge is -2.29. The van der Waals surface area contributed by atoms with Crippen LogP contribution in [0.3, 0.4) is 0 Å². The van der Waals surface area contributed by atoms with Crippen molar-refractivity contribution in [3.63, 3.8) is 0 Å². The predicted octanol–water partition coefficient (Wildman–Crippen LogP) is 5.05. The summed E-state index contributed by atoms with van der Waals surface area (Å²) < 4.78 is 2.00. The number of aryl methyl sites for hydroxylation is 1. The number of carbonyl (C=O) groups is 1. The maximum Gasteiger partial charge on any atom is 0.267 e. The summed E-state index contributed by atoms with van der Waals surface area (Å²) in [6.45, 7) is 3.89. The monoisotopic (exact) mass is 510 g/mol. The van der Waals surface area contributed by atoms with E-state index in [9.17, 15) is 9.59 Å². The minimum atomic E-state index is -0.228. The molecular formula is C25H23ClN4O2S2. The summed E-state index contributed by atoms with van der Waals surface area (Å²) in [5.74, 6) is 0.401. The SMILES string of the molecule is Cc1ccc2nc(N3CCCCC3)c(C=C3SC(=S)N(Cc4ccccc4Cl)C3=O)c(=O)n2c1. The van der Waals surface area contributed by atoms with Gasteiger partial charge >= 0.3 is 0 Å². The minimum absolute atomic E-state index is 0.189. The summed E-state index contributed by atoms with van der Waals surface area (Å²) in [7, 11) is 0. The molecule has 9 heteroatoms. The maximum atomic E-state index is 13.6. The van der Waals surface area contributed by atoms with Gasteiger partial charge in [0.25, 0.3) is 11.5 Å². The van der Waals surface area contributed by atoms with Crippen LogP contribution in [0.2, 0.25) is 5.02 Å². The lowest BCUT2D eigenvalue weighted by atomic mass is 10.1. The molecule has 4 heterocycles. The third kappa shape index (κ3) is 4.37. The van der Waals surface area contributed by atoms with E-state index >= 15 is 0 Å². The number of anilines is 1. The second-order valence-corrected chi connectivity index (χ2v) is 10.6. The van der Waals surface area contributed by atoms with Crippen LogP contribution in [0.5, 0.6) is 0 Å². The van der Waals surface area contributed by atoms with Crippen molar-refractivity contribution >= 4 is 63.3 Å². The van der Waals surface area contributed by atoms with Crippen molar-refractivity contribution in [1.29, 1.82) is 0 Å². The first-order valence-electron chi connectivity index (χ1n) is 11.2. The topological polar surface area (TPSA) is 57.9 Å². The number of halogens is 1. The predicted molar refractivity (Wildman–Crippen MR) is 142 cm³/mol. The lowest BCUT2D eigenvalue weighted by Crippen LogP contribution is -2.33. The number of piperidine rings is 1. The van der Waals surface area contributed by atoms with Gasteiger partial charge in [-0.05, 0) is 55.5 Å². The van der Waals surface area contributed by atoms with Crippen molar-refractivity contribution in [2.75, 3.05) is 18.0 Å². The molecular weight excluding hydrogens is 488 g/mol. The second kappa shape index (κ2) is 9.52. The molecule has 0 aliphatic carbocycles. The van der Waals surface area contributed by atoms with Gasteiger partial charge in [0.1, 0.15) is 15.8 Å². The van der Waals surface area contributed by atoms with Crippen LogP contribution in [0.15, 0.2) is 52.3 Å². The number of aromatic nitrogens is 2. The average Bonchev–Trinajstić information content (AvgIpc) is 3.10. The molecule has 3 aromatic rings. The standard InChI is InChI=1S/C25H23ClN4O2S2/c1-16-9-10-21-27-22(28-11-5-2-6-12-28)18(23(31)29(21)14-16)13-20-24(32)30(25(33)34-20)15-17-7-3-4-8-19(17)26/h3-4,7-10,13-14H,2,5-6,11-12,15H2,1H3. The Morgan fingerprint density at radius 2 is 1.88 bits per heavy atom. The van der Waals surface area contributed by atoms with Gasteiger partial charge in [-0.15, -0.1) is 0 Å². The zero-order chi connectivity index (χ0) is 23.8. The molecule has 0 N–H and O–H groups in total. The van der Waals surface area contributed by atoms with Crippen LogP contribution in [0, 0.1) is 6.92 Å². The minimum Gasteiger partial charge on any atom is -0.356 e. The molecule has 0 unspecified atom stereocenters. The fourth-order valence-electron chi connectivity index (χ4n) is 4.28. The Morgan fingerprint density at radius 3 is 2.65 bits per heavy atom. The summed E-state index contributed by atoms with van der Waals surface area (Å²) >= 11 is 13.0. The molecule has 0 spiro atoms. The Hall–Kier alpha value is -2.68. The number of pyridine rings is 1. The van der Waals surface area contributed by atoms with Crippen LogP contribution in [0.1, 0.15) is 36.0 Å². The zero-order valence-electron chi connectivity index (χ0n) is 18.7. The van der Waals surface area contributed by atoms with Crippen molar-refractivity contribution < 1.29 is 4.79 Å². The molecule has 2 fully saturated rings. The highest BCUT2D eigenvalue weighted by Gasteiger charge is 2.33. The van der Waals surface area contributed by atoms with Crippen LogP contribution < -0.4 is 10.5 Å². The number of rotatable bonds is 4. The lowest BCUT2D eigenvalue weighted by molar-refractivity contribution is -0.122. The van der Waals surface area contributed by atoms with E-state index in [1.54, 1.807) is 22.7 Å². The van der Waals surface area contributed by atoms with E-state index in [4.69, 9.17) is 28.8 Å². The third-order valence-electron chi connectivity index (χ3n) is 6.08. The van der Waals surface area contributed by atoms with Gasteiger partial charge in [0.2, 0.25) is 0 Å². The molecule has 1 amide bonds. The number of thiocarbonyl (C=S) groups is 1. The Labute approximate surface area is 212 Å². The van der Waals surface area contributed by atoms with Crippen LogP contribution in [-0.4, -0.2) is 37.6 Å². The van der Waals surface area contributed by atoms with Crippen LogP contribution in [0.25, 0.3) is 11.7 Å². The van der Waals surface area contributed by atoms with Crippen molar-refractivity contribution in [3.8, 4) is 0 Å². The van der Waals surface area contributed by atoms with Crippen LogP contribution in [0.4, 0.5) is 5.82 Å². The summed E-state index contributed by atoms with van der Waals surface area (Å²) in [5.41, 5.74) is 2.60. The van der Waals surface area contributed by atoms with Gasteiger partial charge in [-0.25, -0.2) is 4.98 Å². The number of carbonyl (C=O) groups excluding carboxylic acids is 1. The van der Waals surface area contributed by atoms with Gasteiger partial charge in [0.05, 0.1) is 17.0 Å². The van der Waals surface area contributed by atoms with Gasteiger partial charge < -0.3 is 4.90 Å². The largest absolute Gasteiger partial charge is 0.356 e. The van der Waals surface area contributed by atoms with Gasteiger partial charge in [-0.3, -0.25) is 18.9 Å². The van der Waals surface area contributed by atoms with Gasteiger partial charge in [-0.2, -0.15) is 0 Å². The highest BCUT2D eigenvalue weighted by molar-refractivity contribution is 8.26. The Balaban J connectivity index is 1.58. The average molecular weight is 511 g/mol. The molecule has 2 aliphatic rings. The molecule has 2 aliphatic heterocycles. The maximum absolute atomic E-state index is 13.6. The fraction of sp³-hybridized carbons (Fsp3) is 0.280. The Morgan fingerprint density at radius 1 is 1.12 bits per heavy atom.